The normalized spacial score (nSPS) is 16.8. The predicted octanol–water partition coefficient (Wildman–Crippen LogP) is 29.0. The Kier molecular flexibility index (Phi) is 13.0. The van der Waals surface area contributed by atoms with E-state index in [1.807, 2.05) is 0 Å². The molecule has 560 valence electrons. The van der Waals surface area contributed by atoms with E-state index in [0.29, 0.717) is 0 Å². The molecule has 0 heterocycles. The highest BCUT2D eigenvalue weighted by molar-refractivity contribution is 6.03. The number of rotatable bonds is 7. The lowest BCUT2D eigenvalue weighted by Gasteiger charge is -2.34. The number of nitrogens with zero attached hydrogens (tertiary/aromatic N) is 2. The number of hydrogen-bond acceptors (Lipinski definition) is 2. The molecule has 2 nitrogen and oxygen atoms in total. The summed E-state index contributed by atoms with van der Waals surface area (Å²) in [5.41, 5.74) is 49.9. The van der Waals surface area contributed by atoms with E-state index in [9.17, 15) is 0 Å². The summed E-state index contributed by atoms with van der Waals surface area (Å²) in [5, 5.41) is 0. The van der Waals surface area contributed by atoms with Crippen LogP contribution in [0.1, 0.15) is 133 Å². The molecule has 0 saturated carbocycles. The maximum atomic E-state index is 2.63. The summed E-state index contributed by atoms with van der Waals surface area (Å²) < 4.78 is 0. The molecule has 18 aromatic carbocycles. The summed E-state index contributed by atoms with van der Waals surface area (Å²) in [6, 6.07) is 158. The maximum Gasteiger partial charge on any atom is 0.0726 e. The summed E-state index contributed by atoms with van der Waals surface area (Å²) in [6.07, 6.45) is 0.922. The van der Waals surface area contributed by atoms with Crippen molar-refractivity contribution >= 4 is 34.1 Å². The molecule has 0 radical (unpaired) electrons. The summed E-state index contributed by atoms with van der Waals surface area (Å²) in [7, 11) is 0. The molecule has 0 N–H and O–H groups in total. The lowest BCUT2D eigenvalue weighted by atomic mass is 9.70. The van der Waals surface area contributed by atoms with Gasteiger partial charge in [0.05, 0.1) is 21.7 Å². The molecule has 1 unspecified atom stereocenters. The molecule has 1 atom stereocenters. The molecule has 0 aliphatic heterocycles. The maximum absolute atomic E-state index is 2.63. The first-order chi connectivity index (χ1) is 59.1. The van der Waals surface area contributed by atoms with Crippen LogP contribution in [0.15, 0.2) is 406 Å². The number of benzene rings is 18. The van der Waals surface area contributed by atoms with Gasteiger partial charge < -0.3 is 9.80 Å². The van der Waals surface area contributed by atoms with E-state index in [1.54, 1.807) is 0 Å². The Morgan fingerprint density at radius 3 is 0.558 bits per heavy atom. The van der Waals surface area contributed by atoms with E-state index >= 15 is 0 Å². The van der Waals surface area contributed by atoms with Crippen LogP contribution in [0.4, 0.5) is 34.1 Å². The van der Waals surface area contributed by atoms with Gasteiger partial charge in [0, 0.05) is 39.5 Å². The fourth-order valence-corrected chi connectivity index (χ4v) is 25.8. The predicted molar refractivity (Wildman–Crippen MR) is 492 cm³/mol. The summed E-state index contributed by atoms with van der Waals surface area (Å²) in [6.45, 7) is 7.50. The van der Waals surface area contributed by atoms with Gasteiger partial charge in [-0.2, -0.15) is 0 Å². The van der Waals surface area contributed by atoms with E-state index in [1.165, 1.54) is 195 Å². The highest BCUT2D eigenvalue weighted by Crippen LogP contribution is 2.70. The van der Waals surface area contributed by atoms with Gasteiger partial charge in [-0.3, -0.25) is 0 Å². The summed E-state index contributed by atoms with van der Waals surface area (Å²) in [4.78, 5) is 5.22. The molecule has 27 rings (SSSR count). The molecule has 0 amide bonds. The van der Waals surface area contributed by atoms with E-state index < -0.39 is 27.1 Å². The standard InChI is InChI=1S/C118H78N2/c1-113(2)71-114(3,72-52-54-73(55-53-72)119(74-56-61-91-87-36-12-24-48-103(87)115(108(91)66-74)95-40-16-4-28-79(95)80-29-5-17-41-96(80)115)75-57-62-92-88-37-13-25-49-104(88)116(109(92)67-75)97-42-18-6-30-81(97)82-31-7-19-43-98(82)116)112-70-78(60-65-107(112)113)120(76-58-63-93-89-38-14-26-50-105(89)117(110(93)68-76)99-44-20-8-32-83(99)84-33-9-21-45-100(84)117)77-59-64-94-90-39-15-27-51-106(90)118(111(94)69-77)101-46-22-10-34-85(101)86-35-11-23-47-102(86)118/h4-70H,71H2,1-3H3. The quantitative estimate of drug-likeness (QED) is 0.157. The molecule has 18 aromatic rings. The van der Waals surface area contributed by atoms with Gasteiger partial charge in [0.15, 0.2) is 0 Å². The lowest BCUT2D eigenvalue weighted by molar-refractivity contribution is 0.425. The SMILES string of the molecule is CC1(C)CC(C)(c2ccc(N(c3ccc4c(c3)C3(c5ccccc5-c5ccccc53)c3ccccc3-4)c3ccc4c(c3)C3(c5ccccc5-c5ccccc53)c3ccccc3-4)cc2)c2cc(N(c3ccc4c(c3)C3(c5ccccc5-c5ccccc53)c3ccccc3-4)c3ccc4c(c3)C3(c5ccccc5-c5ccccc53)c3ccccc3-4)ccc21. The van der Waals surface area contributed by atoms with Crippen molar-refractivity contribution in [1.29, 1.82) is 0 Å². The third-order valence-corrected chi connectivity index (χ3v) is 30.1. The first-order valence-corrected chi connectivity index (χ1v) is 42.7. The van der Waals surface area contributed by atoms with Crippen LogP contribution in [0.5, 0.6) is 0 Å². The molecule has 4 spiro atoms. The van der Waals surface area contributed by atoms with Crippen LogP contribution in [-0.2, 0) is 32.5 Å². The molecule has 9 aliphatic rings. The zero-order chi connectivity index (χ0) is 78.9. The first-order valence-electron chi connectivity index (χ1n) is 42.7. The van der Waals surface area contributed by atoms with E-state index in [-0.39, 0.29) is 5.41 Å². The minimum absolute atomic E-state index is 0.174. The van der Waals surface area contributed by atoms with E-state index in [2.05, 4.69) is 437 Å². The van der Waals surface area contributed by atoms with Crippen LogP contribution in [0.3, 0.4) is 0 Å². The topological polar surface area (TPSA) is 6.48 Å². The molecule has 2 heteroatoms. The van der Waals surface area contributed by atoms with E-state index in [4.69, 9.17) is 0 Å². The van der Waals surface area contributed by atoms with Gasteiger partial charge in [-0.1, -0.05) is 354 Å². The minimum Gasteiger partial charge on any atom is -0.310 e. The monoisotopic (exact) mass is 1520 g/mol. The summed E-state index contributed by atoms with van der Waals surface area (Å²) >= 11 is 0. The molecular weight excluding hydrogens is 1450 g/mol. The number of hydrogen-bond donors (Lipinski definition) is 0. The van der Waals surface area contributed by atoms with Crippen molar-refractivity contribution in [3.8, 4) is 89.0 Å². The Labute approximate surface area is 700 Å². The van der Waals surface area contributed by atoms with Crippen LogP contribution in [0, 0.1) is 0 Å². The highest BCUT2D eigenvalue weighted by Gasteiger charge is 2.57. The first kappa shape index (κ1) is 66.7. The minimum atomic E-state index is -0.546. The zero-order valence-corrected chi connectivity index (χ0v) is 66.8. The van der Waals surface area contributed by atoms with Gasteiger partial charge in [-0.05, 0) is 279 Å². The fraction of sp³-hybridized carbons (Fsp3) is 0.0847. The van der Waals surface area contributed by atoms with Crippen LogP contribution in [0.25, 0.3) is 89.0 Å². The van der Waals surface area contributed by atoms with Crippen molar-refractivity contribution < 1.29 is 0 Å². The smallest absolute Gasteiger partial charge is 0.0726 e. The Bertz CT molecular complexity index is 6970. The third kappa shape index (κ3) is 8.02. The molecule has 120 heavy (non-hydrogen) atoms. The second kappa shape index (κ2) is 23.5. The molecular formula is C118H78N2. The number of anilines is 6. The van der Waals surface area contributed by atoms with E-state index in [0.717, 1.165) is 40.5 Å². The van der Waals surface area contributed by atoms with Crippen LogP contribution >= 0.6 is 0 Å². The van der Waals surface area contributed by atoms with Gasteiger partial charge in [-0.25, -0.2) is 0 Å². The largest absolute Gasteiger partial charge is 0.310 e. The van der Waals surface area contributed by atoms with Gasteiger partial charge in [0.25, 0.3) is 0 Å². The number of fused-ring (bicyclic) bond motifs is 41. The Morgan fingerprint density at radius 2 is 0.333 bits per heavy atom. The Hall–Kier alpha value is -14.4. The van der Waals surface area contributed by atoms with Gasteiger partial charge >= 0.3 is 0 Å². The van der Waals surface area contributed by atoms with Crippen molar-refractivity contribution in [3.63, 3.8) is 0 Å². The fourth-order valence-electron chi connectivity index (χ4n) is 25.8. The lowest BCUT2D eigenvalue weighted by Crippen LogP contribution is -2.27. The Balaban J connectivity index is 0.658. The highest BCUT2D eigenvalue weighted by atomic mass is 15.2. The van der Waals surface area contributed by atoms with Gasteiger partial charge in [-0.15, -0.1) is 0 Å². The van der Waals surface area contributed by atoms with Crippen molar-refractivity contribution in [3.05, 3.63) is 512 Å². The van der Waals surface area contributed by atoms with Crippen LogP contribution in [0.2, 0.25) is 0 Å². The molecule has 0 aromatic heterocycles. The van der Waals surface area contributed by atoms with Crippen molar-refractivity contribution in [2.45, 2.75) is 59.7 Å². The average Bonchev–Trinajstić information content (AvgIpc) is 1.52. The summed E-state index contributed by atoms with van der Waals surface area (Å²) in [5.74, 6) is 0. The molecule has 0 bridgehead atoms. The van der Waals surface area contributed by atoms with Gasteiger partial charge in [0.2, 0.25) is 0 Å². The van der Waals surface area contributed by atoms with Crippen molar-refractivity contribution in [1.82, 2.24) is 0 Å². The second-order valence-electron chi connectivity index (χ2n) is 35.8. The zero-order valence-electron chi connectivity index (χ0n) is 66.8. The molecule has 9 aliphatic carbocycles. The van der Waals surface area contributed by atoms with Gasteiger partial charge in [0.1, 0.15) is 0 Å². The molecule has 0 fully saturated rings. The average molecular weight is 1520 g/mol. The van der Waals surface area contributed by atoms with Crippen molar-refractivity contribution in [2.75, 3.05) is 9.80 Å². The second-order valence-corrected chi connectivity index (χ2v) is 35.8. The van der Waals surface area contributed by atoms with Crippen LogP contribution in [-0.4, -0.2) is 0 Å². The Morgan fingerprint density at radius 1 is 0.158 bits per heavy atom. The van der Waals surface area contributed by atoms with Crippen molar-refractivity contribution in [2.24, 2.45) is 0 Å². The third-order valence-electron chi connectivity index (χ3n) is 30.1. The molecule has 0 saturated heterocycles. The van der Waals surface area contributed by atoms with Crippen LogP contribution < -0.4 is 9.80 Å².